The molecule has 8 nitrogen and oxygen atoms in total. The van der Waals surface area contributed by atoms with Gasteiger partial charge >= 0.3 is 0 Å². The monoisotopic (exact) mass is 464 g/mol. The van der Waals surface area contributed by atoms with Crippen molar-refractivity contribution in [2.45, 2.75) is 4.90 Å². The number of nitrogens with zero attached hydrogens (tertiary/aromatic N) is 3. The minimum Gasteiger partial charge on any atom is -0.495 e. The summed E-state index contributed by atoms with van der Waals surface area (Å²) in [5.74, 6) is 1.23. The lowest BCUT2D eigenvalue weighted by molar-refractivity contribution is 0.311. The fourth-order valence-electron chi connectivity index (χ4n) is 3.44. The van der Waals surface area contributed by atoms with Crippen LogP contribution in [0.15, 0.2) is 64.4 Å². The molecule has 4 rings (SSSR count). The maximum Gasteiger partial charge on any atom is 0.261 e. The van der Waals surface area contributed by atoms with E-state index >= 15 is 0 Å². The standard InChI is InChI=1S/C21H24N4O4S.ClH/c1-24-8-10-25(11-9-24)19-13-18(6-7-20(19)28-2)30(26,27)23-17-5-3-4-16(12-17)21-14-22-15-29-21;/h3-7,12-15,23H,8-11H2,1-2H3;1H. The van der Waals surface area contributed by atoms with Crippen LogP contribution in [0.2, 0.25) is 0 Å². The molecule has 2 aromatic carbocycles. The molecule has 3 aromatic rings. The molecule has 0 radical (unpaired) electrons. The molecule has 0 bridgehead atoms. The lowest BCUT2D eigenvalue weighted by Gasteiger charge is -2.34. The van der Waals surface area contributed by atoms with Gasteiger partial charge in [-0.15, -0.1) is 12.4 Å². The number of aromatic nitrogens is 1. The Hall–Kier alpha value is -2.75. The molecule has 31 heavy (non-hydrogen) atoms. The molecule has 1 aromatic heterocycles. The fraction of sp³-hybridized carbons (Fsp3) is 0.286. The van der Waals surface area contributed by atoms with Crippen LogP contribution in [0.5, 0.6) is 5.75 Å². The third-order valence-corrected chi connectivity index (χ3v) is 6.52. The number of sulfonamides is 1. The van der Waals surface area contributed by atoms with Gasteiger partial charge in [-0.25, -0.2) is 13.4 Å². The Morgan fingerprint density at radius 1 is 1.10 bits per heavy atom. The van der Waals surface area contributed by atoms with Gasteiger partial charge in [-0.2, -0.15) is 0 Å². The van der Waals surface area contributed by atoms with Gasteiger partial charge in [0.05, 0.1) is 23.9 Å². The molecule has 0 aliphatic carbocycles. The summed E-state index contributed by atoms with van der Waals surface area (Å²) in [6.45, 7) is 3.44. The summed E-state index contributed by atoms with van der Waals surface area (Å²) < 4.78 is 39.6. The number of hydrogen-bond acceptors (Lipinski definition) is 7. The number of anilines is 2. The van der Waals surface area contributed by atoms with E-state index in [2.05, 4.69) is 26.6 Å². The van der Waals surface area contributed by atoms with Crippen LogP contribution in [-0.2, 0) is 10.0 Å². The second-order valence-electron chi connectivity index (χ2n) is 7.18. The van der Waals surface area contributed by atoms with E-state index in [0.29, 0.717) is 17.2 Å². The van der Waals surface area contributed by atoms with E-state index in [9.17, 15) is 8.42 Å². The van der Waals surface area contributed by atoms with Gasteiger partial charge in [0.2, 0.25) is 0 Å². The molecule has 1 saturated heterocycles. The molecule has 10 heteroatoms. The van der Waals surface area contributed by atoms with Crippen LogP contribution in [0, 0.1) is 0 Å². The van der Waals surface area contributed by atoms with Crippen LogP contribution >= 0.6 is 12.4 Å². The summed E-state index contributed by atoms with van der Waals surface area (Å²) in [5, 5.41) is 0. The van der Waals surface area contributed by atoms with Crippen molar-refractivity contribution in [3.63, 3.8) is 0 Å². The minimum absolute atomic E-state index is 0. The molecule has 1 fully saturated rings. The van der Waals surface area contributed by atoms with E-state index in [0.717, 1.165) is 37.4 Å². The van der Waals surface area contributed by atoms with Gasteiger partial charge in [0.1, 0.15) is 5.75 Å². The van der Waals surface area contributed by atoms with Gasteiger partial charge in [-0.1, -0.05) is 12.1 Å². The average Bonchev–Trinajstić information content (AvgIpc) is 3.29. The predicted octanol–water partition coefficient (Wildman–Crippen LogP) is 3.32. The van der Waals surface area contributed by atoms with Crippen molar-refractivity contribution in [2.24, 2.45) is 0 Å². The molecule has 1 aliphatic heterocycles. The van der Waals surface area contributed by atoms with Gasteiger partial charge in [0.25, 0.3) is 10.0 Å². The largest absolute Gasteiger partial charge is 0.495 e. The first-order chi connectivity index (χ1) is 14.5. The third-order valence-electron chi connectivity index (χ3n) is 5.14. The molecule has 166 valence electrons. The molecule has 0 amide bonds. The van der Waals surface area contributed by atoms with Crippen molar-refractivity contribution in [3.05, 3.63) is 55.1 Å². The highest BCUT2D eigenvalue weighted by Gasteiger charge is 2.22. The van der Waals surface area contributed by atoms with Crippen LogP contribution in [-0.4, -0.2) is 58.6 Å². The Bertz CT molecular complexity index is 1110. The van der Waals surface area contributed by atoms with E-state index in [-0.39, 0.29) is 17.3 Å². The number of nitrogens with one attached hydrogen (secondary N) is 1. The van der Waals surface area contributed by atoms with Gasteiger partial charge in [0.15, 0.2) is 12.2 Å². The van der Waals surface area contributed by atoms with Crippen LogP contribution in [0.1, 0.15) is 0 Å². The van der Waals surface area contributed by atoms with Gasteiger partial charge < -0.3 is 19.0 Å². The molecule has 1 aliphatic rings. The lowest BCUT2D eigenvalue weighted by Crippen LogP contribution is -2.44. The van der Waals surface area contributed by atoms with Crippen molar-refractivity contribution in [3.8, 4) is 17.1 Å². The first-order valence-electron chi connectivity index (χ1n) is 9.59. The molecule has 0 saturated carbocycles. The number of piperazine rings is 1. The zero-order valence-electron chi connectivity index (χ0n) is 17.3. The van der Waals surface area contributed by atoms with Crippen molar-refractivity contribution in [1.29, 1.82) is 0 Å². The number of oxazole rings is 1. The van der Waals surface area contributed by atoms with Crippen LogP contribution in [0.3, 0.4) is 0 Å². The highest BCUT2D eigenvalue weighted by molar-refractivity contribution is 7.92. The molecule has 2 heterocycles. The first-order valence-corrected chi connectivity index (χ1v) is 11.1. The van der Waals surface area contributed by atoms with Crippen molar-refractivity contribution in [2.75, 3.05) is 50.0 Å². The summed E-state index contributed by atoms with van der Waals surface area (Å²) in [6, 6.07) is 11.9. The number of rotatable bonds is 6. The maximum atomic E-state index is 13.1. The SMILES string of the molecule is COc1ccc(S(=O)(=O)Nc2cccc(-c3cnco3)c2)cc1N1CCN(C)CC1.Cl. The average molecular weight is 465 g/mol. The number of hydrogen-bond donors (Lipinski definition) is 1. The van der Waals surface area contributed by atoms with E-state index in [1.807, 2.05) is 6.07 Å². The molecule has 0 spiro atoms. The van der Waals surface area contributed by atoms with Crippen molar-refractivity contribution >= 4 is 33.8 Å². The van der Waals surface area contributed by atoms with Gasteiger partial charge in [0, 0.05) is 37.4 Å². The Morgan fingerprint density at radius 2 is 1.87 bits per heavy atom. The zero-order valence-corrected chi connectivity index (χ0v) is 18.9. The highest BCUT2D eigenvalue weighted by atomic mass is 35.5. The third kappa shape index (κ3) is 5.12. The second-order valence-corrected chi connectivity index (χ2v) is 8.86. The zero-order chi connectivity index (χ0) is 21.1. The quantitative estimate of drug-likeness (QED) is 0.598. The normalized spacial score (nSPS) is 14.7. The predicted molar refractivity (Wildman–Crippen MR) is 123 cm³/mol. The Kier molecular flexibility index (Phi) is 7.09. The van der Waals surface area contributed by atoms with Crippen molar-refractivity contribution < 1.29 is 17.6 Å². The van der Waals surface area contributed by atoms with Crippen molar-refractivity contribution in [1.82, 2.24) is 9.88 Å². The summed E-state index contributed by atoms with van der Waals surface area (Å²) in [7, 11) is -0.115. The number of methoxy groups -OCH3 is 1. The highest BCUT2D eigenvalue weighted by Crippen LogP contribution is 2.32. The molecular weight excluding hydrogens is 440 g/mol. The van der Waals surface area contributed by atoms with Crippen LogP contribution in [0.25, 0.3) is 11.3 Å². The number of likely N-dealkylation sites (N-methyl/N-ethyl adjacent to an activating group) is 1. The second kappa shape index (κ2) is 9.59. The van der Waals surface area contributed by atoms with Crippen LogP contribution in [0.4, 0.5) is 11.4 Å². The number of ether oxygens (including phenoxy) is 1. The van der Waals surface area contributed by atoms with Gasteiger partial charge in [-0.3, -0.25) is 4.72 Å². The Morgan fingerprint density at radius 3 is 2.55 bits per heavy atom. The summed E-state index contributed by atoms with van der Waals surface area (Å²) in [6.07, 6.45) is 2.92. The molecule has 0 atom stereocenters. The topological polar surface area (TPSA) is 87.9 Å². The maximum absolute atomic E-state index is 13.1. The summed E-state index contributed by atoms with van der Waals surface area (Å²) >= 11 is 0. The summed E-state index contributed by atoms with van der Waals surface area (Å²) in [4.78, 5) is 8.48. The Labute approximate surface area is 188 Å². The number of halogens is 1. The van der Waals surface area contributed by atoms with Gasteiger partial charge in [-0.05, 0) is 37.4 Å². The molecule has 0 unspecified atom stereocenters. The smallest absolute Gasteiger partial charge is 0.261 e. The number of benzene rings is 2. The fourth-order valence-corrected chi connectivity index (χ4v) is 4.51. The molecule has 1 N–H and O–H groups in total. The Balaban J connectivity index is 0.00000272. The van der Waals surface area contributed by atoms with Crippen LogP contribution < -0.4 is 14.4 Å². The molecular formula is C21H25ClN4O4S. The van der Waals surface area contributed by atoms with E-state index in [4.69, 9.17) is 9.15 Å². The summed E-state index contributed by atoms with van der Waals surface area (Å²) in [5.41, 5.74) is 1.96. The first kappa shape index (κ1) is 22.9. The lowest BCUT2D eigenvalue weighted by atomic mass is 10.2. The van der Waals surface area contributed by atoms with E-state index in [1.165, 1.54) is 6.39 Å². The minimum atomic E-state index is -3.78. The van der Waals surface area contributed by atoms with E-state index < -0.39 is 10.0 Å². The van der Waals surface area contributed by atoms with E-state index in [1.54, 1.807) is 49.7 Å².